The Morgan fingerprint density at radius 2 is 2.09 bits per heavy atom. The molecule has 0 saturated heterocycles. The van der Waals surface area contributed by atoms with Crippen molar-refractivity contribution in [2.24, 2.45) is 5.92 Å². The van der Waals surface area contributed by atoms with E-state index in [0.717, 1.165) is 12.6 Å². The first-order valence-electron chi connectivity index (χ1n) is 4.36. The van der Waals surface area contributed by atoms with Gasteiger partial charge >= 0.3 is 0 Å². The third kappa shape index (κ3) is 6.58. The Morgan fingerprint density at radius 3 is 2.55 bits per heavy atom. The van der Waals surface area contributed by atoms with Gasteiger partial charge in [-0.05, 0) is 12.8 Å². The molecule has 3 heteroatoms. The van der Waals surface area contributed by atoms with E-state index >= 15 is 0 Å². The van der Waals surface area contributed by atoms with Gasteiger partial charge in [-0.25, -0.2) is 0 Å². The average molecular weight is 178 g/mol. The molecule has 0 aromatic rings. The Labute approximate surface area is 70.2 Å². The van der Waals surface area contributed by atoms with Gasteiger partial charge in [0.15, 0.2) is 8.03 Å². The second-order valence-electron chi connectivity index (χ2n) is 2.90. The molecule has 0 aliphatic rings. The standard InChI is InChI=1S/C8H19O2P/c1-4-6-8(3)7-11(9)10-5-2/h8,11H,4-7H2,1-3H3. The average Bonchev–Trinajstić information content (AvgIpc) is 1.87. The summed E-state index contributed by atoms with van der Waals surface area (Å²) in [5, 5.41) is 0. The molecule has 0 heterocycles. The lowest BCUT2D eigenvalue weighted by molar-refractivity contribution is 0.345. The van der Waals surface area contributed by atoms with E-state index in [2.05, 4.69) is 13.8 Å². The van der Waals surface area contributed by atoms with Gasteiger partial charge in [0, 0.05) is 6.16 Å². The number of rotatable bonds is 6. The molecule has 0 amide bonds. The van der Waals surface area contributed by atoms with Gasteiger partial charge in [-0.15, -0.1) is 0 Å². The highest BCUT2D eigenvalue weighted by atomic mass is 31.1. The van der Waals surface area contributed by atoms with Gasteiger partial charge in [-0.2, -0.15) is 0 Å². The summed E-state index contributed by atoms with van der Waals surface area (Å²) in [6.07, 6.45) is 3.08. The van der Waals surface area contributed by atoms with E-state index in [-0.39, 0.29) is 0 Å². The van der Waals surface area contributed by atoms with Crippen molar-refractivity contribution in [2.75, 3.05) is 12.8 Å². The highest BCUT2D eigenvalue weighted by Gasteiger charge is 2.05. The molecule has 0 radical (unpaired) electrons. The summed E-state index contributed by atoms with van der Waals surface area (Å²) in [5.74, 6) is 0.554. The second-order valence-corrected chi connectivity index (χ2v) is 4.34. The van der Waals surface area contributed by atoms with E-state index in [4.69, 9.17) is 4.52 Å². The minimum Gasteiger partial charge on any atom is -0.331 e. The summed E-state index contributed by atoms with van der Waals surface area (Å²) in [4.78, 5) is 0. The predicted molar refractivity (Wildman–Crippen MR) is 49.6 cm³/mol. The topological polar surface area (TPSA) is 26.3 Å². The number of hydrogen-bond acceptors (Lipinski definition) is 2. The maximum absolute atomic E-state index is 11.1. The van der Waals surface area contributed by atoms with Crippen LogP contribution in [0.2, 0.25) is 0 Å². The molecule has 0 spiro atoms. The van der Waals surface area contributed by atoms with Crippen molar-refractivity contribution >= 4 is 8.03 Å². The lowest BCUT2D eigenvalue weighted by Gasteiger charge is -2.08. The molecule has 11 heavy (non-hydrogen) atoms. The first-order chi connectivity index (χ1) is 5.20. The summed E-state index contributed by atoms with van der Waals surface area (Å²) >= 11 is 0. The van der Waals surface area contributed by atoms with Crippen molar-refractivity contribution in [3.05, 3.63) is 0 Å². The highest BCUT2D eigenvalue weighted by molar-refractivity contribution is 7.39. The summed E-state index contributed by atoms with van der Waals surface area (Å²) in [7, 11) is -1.71. The molecule has 0 aliphatic heterocycles. The van der Waals surface area contributed by atoms with E-state index in [1.807, 2.05) is 6.92 Å². The zero-order valence-corrected chi connectivity index (χ0v) is 8.72. The Bertz CT molecular complexity index is 115. The van der Waals surface area contributed by atoms with Crippen LogP contribution < -0.4 is 0 Å². The van der Waals surface area contributed by atoms with Crippen LogP contribution in [0.4, 0.5) is 0 Å². The Kier molecular flexibility index (Phi) is 6.99. The fourth-order valence-corrected chi connectivity index (χ4v) is 2.31. The van der Waals surface area contributed by atoms with Gasteiger partial charge in [-0.3, -0.25) is 4.57 Å². The van der Waals surface area contributed by atoms with Gasteiger partial charge in [0.25, 0.3) is 0 Å². The van der Waals surface area contributed by atoms with E-state index in [1.54, 1.807) is 0 Å². The Hall–Kier alpha value is 0.190. The monoisotopic (exact) mass is 178 g/mol. The van der Waals surface area contributed by atoms with E-state index in [9.17, 15) is 4.57 Å². The number of hydrogen-bond donors (Lipinski definition) is 0. The van der Waals surface area contributed by atoms with Crippen LogP contribution in [0.15, 0.2) is 0 Å². The first-order valence-corrected chi connectivity index (χ1v) is 5.88. The maximum atomic E-state index is 11.1. The van der Waals surface area contributed by atoms with Crippen molar-refractivity contribution in [2.45, 2.75) is 33.6 Å². The zero-order chi connectivity index (χ0) is 8.69. The van der Waals surface area contributed by atoms with Crippen molar-refractivity contribution in [1.29, 1.82) is 0 Å². The highest BCUT2D eigenvalue weighted by Crippen LogP contribution is 2.26. The van der Waals surface area contributed by atoms with Gasteiger partial charge in [-0.1, -0.05) is 26.7 Å². The van der Waals surface area contributed by atoms with Crippen LogP contribution in [0, 0.1) is 5.92 Å². The Balaban J connectivity index is 3.40. The lowest BCUT2D eigenvalue weighted by Crippen LogP contribution is -1.98. The molecule has 0 bridgehead atoms. The summed E-state index contributed by atoms with van der Waals surface area (Å²) in [6, 6.07) is 0. The molecule has 68 valence electrons. The first kappa shape index (κ1) is 11.2. The molecule has 2 nitrogen and oxygen atoms in total. The molecular weight excluding hydrogens is 159 g/mol. The van der Waals surface area contributed by atoms with Crippen LogP contribution in [0.3, 0.4) is 0 Å². The summed E-state index contributed by atoms with van der Waals surface area (Å²) < 4.78 is 16.1. The molecule has 0 aromatic heterocycles. The molecule has 0 fully saturated rings. The third-order valence-electron chi connectivity index (χ3n) is 1.60. The zero-order valence-electron chi connectivity index (χ0n) is 7.72. The van der Waals surface area contributed by atoms with Crippen molar-refractivity contribution in [1.82, 2.24) is 0 Å². The fraction of sp³-hybridized carbons (Fsp3) is 1.00. The molecule has 2 atom stereocenters. The molecule has 0 aliphatic carbocycles. The minimum absolute atomic E-state index is 0.554. The van der Waals surface area contributed by atoms with Gasteiger partial charge in [0.1, 0.15) is 0 Å². The molecule has 2 unspecified atom stereocenters. The van der Waals surface area contributed by atoms with Crippen LogP contribution in [0.25, 0.3) is 0 Å². The molecule has 0 rings (SSSR count). The van der Waals surface area contributed by atoms with Crippen molar-refractivity contribution < 1.29 is 9.09 Å². The van der Waals surface area contributed by atoms with Crippen molar-refractivity contribution in [3.63, 3.8) is 0 Å². The predicted octanol–water partition coefficient (Wildman–Crippen LogP) is 2.93. The van der Waals surface area contributed by atoms with Crippen LogP contribution in [-0.2, 0) is 9.09 Å². The Morgan fingerprint density at radius 1 is 1.45 bits per heavy atom. The van der Waals surface area contributed by atoms with E-state index in [1.165, 1.54) is 6.42 Å². The van der Waals surface area contributed by atoms with Gasteiger partial charge < -0.3 is 4.52 Å². The smallest absolute Gasteiger partial charge is 0.191 e. The van der Waals surface area contributed by atoms with Gasteiger partial charge in [0.05, 0.1) is 6.61 Å². The SMILES string of the molecule is CCCC(C)C[PH](=O)OCC. The molecule has 0 aromatic carbocycles. The molecule has 0 saturated carbocycles. The second kappa shape index (κ2) is 6.87. The van der Waals surface area contributed by atoms with Gasteiger partial charge in [0.2, 0.25) is 0 Å². The molecule has 0 N–H and O–H groups in total. The maximum Gasteiger partial charge on any atom is 0.191 e. The third-order valence-corrected chi connectivity index (χ3v) is 3.24. The fourth-order valence-electron chi connectivity index (χ4n) is 1.10. The van der Waals surface area contributed by atoms with E-state index < -0.39 is 8.03 Å². The van der Waals surface area contributed by atoms with Crippen LogP contribution in [0.1, 0.15) is 33.6 Å². The van der Waals surface area contributed by atoms with Crippen LogP contribution in [0.5, 0.6) is 0 Å². The summed E-state index contributed by atoms with van der Waals surface area (Å²) in [5.41, 5.74) is 0. The summed E-state index contributed by atoms with van der Waals surface area (Å²) in [6.45, 7) is 6.74. The largest absolute Gasteiger partial charge is 0.331 e. The van der Waals surface area contributed by atoms with Crippen LogP contribution >= 0.6 is 8.03 Å². The lowest BCUT2D eigenvalue weighted by atomic mass is 10.1. The van der Waals surface area contributed by atoms with Crippen LogP contribution in [-0.4, -0.2) is 12.8 Å². The van der Waals surface area contributed by atoms with E-state index in [0.29, 0.717) is 12.5 Å². The minimum atomic E-state index is -1.71. The quantitative estimate of drug-likeness (QED) is 0.584. The van der Waals surface area contributed by atoms with Crippen molar-refractivity contribution in [3.8, 4) is 0 Å². The normalized spacial score (nSPS) is 16.3. The molecular formula is C8H19O2P.